The Hall–Kier alpha value is -3.17. The topological polar surface area (TPSA) is 79.2 Å². The number of thioether (sulfide) groups is 1. The van der Waals surface area contributed by atoms with Gasteiger partial charge in [-0.2, -0.15) is 0 Å². The molecule has 0 saturated carbocycles. The molecule has 5 rings (SSSR count). The van der Waals surface area contributed by atoms with Gasteiger partial charge < -0.3 is 0 Å². The van der Waals surface area contributed by atoms with Crippen LogP contribution in [0.1, 0.15) is 29.3 Å². The van der Waals surface area contributed by atoms with Crippen LogP contribution in [0.5, 0.6) is 0 Å². The molecule has 0 fully saturated rings. The summed E-state index contributed by atoms with van der Waals surface area (Å²) in [5.41, 5.74) is 7.08. The highest BCUT2D eigenvalue weighted by Crippen LogP contribution is 2.35. The highest BCUT2D eigenvalue weighted by atomic mass is 32.2. The van der Waals surface area contributed by atoms with Crippen molar-refractivity contribution < 1.29 is 4.79 Å². The predicted octanol–water partition coefficient (Wildman–Crippen LogP) is 5.57. The summed E-state index contributed by atoms with van der Waals surface area (Å²) >= 11 is 3.07. The fraction of sp³-hybridized carbons (Fsp3) is 0.217. The van der Waals surface area contributed by atoms with E-state index in [-0.39, 0.29) is 5.91 Å². The smallest absolute Gasteiger partial charge is 0.231 e. The minimum atomic E-state index is -0.0486. The second kappa shape index (κ2) is 8.07. The lowest BCUT2D eigenvalue weighted by Gasteiger charge is -2.23. The van der Waals surface area contributed by atoms with Crippen LogP contribution in [0.25, 0.3) is 16.8 Å². The van der Waals surface area contributed by atoms with Crippen LogP contribution in [0.3, 0.4) is 0 Å². The van der Waals surface area contributed by atoms with Gasteiger partial charge in [-0.1, -0.05) is 41.6 Å². The van der Waals surface area contributed by atoms with Crippen molar-refractivity contribution in [3.8, 4) is 0 Å². The molecule has 5 aromatic rings. The SMILES string of the molecule is CC(=O)N(c1nc(CSc2n[nH]c3nc4ccccc4n23)cs1)c1c(C)cc(C)cc1C. The Labute approximate surface area is 193 Å². The number of nitrogens with one attached hydrogen (secondary N) is 1. The lowest BCUT2D eigenvalue weighted by Crippen LogP contribution is -2.24. The maximum absolute atomic E-state index is 12.6. The summed E-state index contributed by atoms with van der Waals surface area (Å²) in [5, 5.41) is 10.9. The van der Waals surface area contributed by atoms with Gasteiger partial charge in [0.05, 0.1) is 22.4 Å². The van der Waals surface area contributed by atoms with Gasteiger partial charge >= 0.3 is 0 Å². The summed E-state index contributed by atoms with van der Waals surface area (Å²) in [6.07, 6.45) is 0. The maximum Gasteiger partial charge on any atom is 0.231 e. The van der Waals surface area contributed by atoms with Gasteiger partial charge in [-0.15, -0.1) is 16.4 Å². The van der Waals surface area contributed by atoms with Crippen molar-refractivity contribution in [1.29, 1.82) is 0 Å². The molecule has 0 saturated heterocycles. The molecule has 0 spiro atoms. The van der Waals surface area contributed by atoms with Crippen molar-refractivity contribution in [2.75, 3.05) is 4.90 Å². The lowest BCUT2D eigenvalue weighted by atomic mass is 10.0. The summed E-state index contributed by atoms with van der Waals surface area (Å²) < 4.78 is 2.02. The number of carbonyl (C=O) groups is 1. The van der Waals surface area contributed by atoms with E-state index in [1.807, 2.05) is 47.9 Å². The molecule has 1 amide bonds. The van der Waals surface area contributed by atoms with Gasteiger partial charge in [0, 0.05) is 18.1 Å². The number of aryl methyl sites for hydroxylation is 3. The van der Waals surface area contributed by atoms with Crippen LogP contribution in [0.2, 0.25) is 0 Å². The Morgan fingerprint density at radius 2 is 1.91 bits per heavy atom. The minimum Gasteiger partial charge on any atom is -0.274 e. The zero-order valence-electron chi connectivity index (χ0n) is 18.2. The number of hydrogen-bond acceptors (Lipinski definition) is 6. The molecule has 7 nitrogen and oxygen atoms in total. The van der Waals surface area contributed by atoms with E-state index in [0.717, 1.165) is 44.5 Å². The van der Waals surface area contributed by atoms with Crippen LogP contribution in [-0.4, -0.2) is 30.5 Å². The van der Waals surface area contributed by atoms with E-state index in [4.69, 9.17) is 4.98 Å². The van der Waals surface area contributed by atoms with E-state index in [9.17, 15) is 4.79 Å². The fourth-order valence-corrected chi connectivity index (χ4v) is 5.88. The molecule has 3 heterocycles. The number of carbonyl (C=O) groups excluding carboxylic acids is 1. The highest BCUT2D eigenvalue weighted by molar-refractivity contribution is 7.98. The number of H-pyrrole nitrogens is 1. The van der Waals surface area contributed by atoms with E-state index in [1.54, 1.807) is 23.6 Å². The summed E-state index contributed by atoms with van der Waals surface area (Å²) in [6, 6.07) is 12.2. The van der Waals surface area contributed by atoms with Crippen LogP contribution >= 0.6 is 23.1 Å². The Bertz CT molecular complexity index is 1440. The minimum absolute atomic E-state index is 0.0486. The molecule has 2 aromatic carbocycles. The van der Waals surface area contributed by atoms with Crippen molar-refractivity contribution in [3.63, 3.8) is 0 Å². The zero-order chi connectivity index (χ0) is 22.4. The first-order valence-corrected chi connectivity index (χ1v) is 12.1. The second-order valence-corrected chi connectivity index (χ2v) is 9.56. The first kappa shape index (κ1) is 20.7. The summed E-state index contributed by atoms with van der Waals surface area (Å²) in [4.78, 5) is 23.7. The van der Waals surface area contributed by atoms with Crippen LogP contribution in [0.15, 0.2) is 46.9 Å². The molecule has 0 aliphatic carbocycles. The number of thiazole rings is 1. The molecule has 0 aliphatic heterocycles. The number of fused-ring (bicyclic) bond motifs is 3. The van der Waals surface area contributed by atoms with E-state index in [2.05, 4.69) is 34.2 Å². The molecule has 3 aromatic heterocycles. The van der Waals surface area contributed by atoms with Crippen molar-refractivity contribution in [2.45, 2.75) is 38.6 Å². The lowest BCUT2D eigenvalue weighted by molar-refractivity contribution is -0.115. The standard InChI is InChI=1S/C23H22N6OS2/c1-13-9-14(2)20(15(3)10-13)28(16(4)30)22-24-17(11-31-22)12-32-23-27-26-21-25-18-7-5-6-8-19(18)29(21)23/h5-11H,12H2,1-4H3,(H,25,26). The molecule has 162 valence electrons. The number of hydrogen-bond donors (Lipinski definition) is 1. The number of aromatic nitrogens is 5. The van der Waals surface area contributed by atoms with E-state index < -0.39 is 0 Å². The third-order valence-corrected chi connectivity index (χ3v) is 7.10. The van der Waals surface area contributed by atoms with Crippen molar-refractivity contribution in [1.82, 2.24) is 24.6 Å². The summed E-state index contributed by atoms with van der Waals surface area (Å²) in [7, 11) is 0. The number of rotatable bonds is 5. The summed E-state index contributed by atoms with van der Waals surface area (Å²) in [6.45, 7) is 7.72. The first-order chi connectivity index (χ1) is 15.4. The monoisotopic (exact) mass is 462 g/mol. The third-order valence-electron chi connectivity index (χ3n) is 5.26. The van der Waals surface area contributed by atoms with Gasteiger partial charge in [0.15, 0.2) is 10.3 Å². The normalized spacial score (nSPS) is 11.5. The molecule has 0 radical (unpaired) electrons. The fourth-order valence-electron chi connectivity index (χ4n) is 4.06. The van der Waals surface area contributed by atoms with Crippen LogP contribution in [-0.2, 0) is 10.5 Å². The average Bonchev–Trinajstić information content (AvgIpc) is 3.44. The average molecular weight is 463 g/mol. The van der Waals surface area contributed by atoms with E-state index in [0.29, 0.717) is 10.9 Å². The Kier molecular flexibility index (Phi) is 5.22. The third kappa shape index (κ3) is 3.57. The number of para-hydroxylation sites is 2. The molecule has 0 bridgehead atoms. The van der Waals surface area contributed by atoms with Crippen LogP contribution < -0.4 is 4.90 Å². The number of amides is 1. The molecular formula is C23H22N6OS2. The Balaban J connectivity index is 1.42. The van der Waals surface area contributed by atoms with Gasteiger partial charge in [0.1, 0.15) is 0 Å². The Morgan fingerprint density at radius 3 is 2.66 bits per heavy atom. The molecular weight excluding hydrogens is 440 g/mol. The predicted molar refractivity (Wildman–Crippen MR) is 130 cm³/mol. The quantitative estimate of drug-likeness (QED) is 0.346. The van der Waals surface area contributed by atoms with Gasteiger partial charge in [-0.05, 0) is 44.0 Å². The highest BCUT2D eigenvalue weighted by Gasteiger charge is 2.22. The van der Waals surface area contributed by atoms with Gasteiger partial charge in [0.25, 0.3) is 0 Å². The van der Waals surface area contributed by atoms with Crippen LogP contribution in [0, 0.1) is 20.8 Å². The van der Waals surface area contributed by atoms with Gasteiger partial charge in [-0.25, -0.2) is 15.1 Å². The largest absolute Gasteiger partial charge is 0.274 e. The first-order valence-electron chi connectivity index (χ1n) is 10.2. The molecule has 1 N–H and O–H groups in total. The number of imidazole rings is 1. The number of aromatic amines is 1. The van der Waals surface area contributed by atoms with Crippen molar-refractivity contribution in [2.24, 2.45) is 0 Å². The molecule has 9 heteroatoms. The molecule has 32 heavy (non-hydrogen) atoms. The van der Waals surface area contributed by atoms with E-state index >= 15 is 0 Å². The number of anilines is 2. The van der Waals surface area contributed by atoms with E-state index in [1.165, 1.54) is 16.9 Å². The van der Waals surface area contributed by atoms with Crippen molar-refractivity contribution >= 4 is 56.6 Å². The molecule has 0 aliphatic rings. The summed E-state index contributed by atoms with van der Waals surface area (Å²) in [5.74, 6) is 1.31. The second-order valence-electron chi connectivity index (χ2n) is 7.78. The van der Waals surface area contributed by atoms with Gasteiger partial charge in [0.2, 0.25) is 11.7 Å². The maximum atomic E-state index is 12.6. The zero-order valence-corrected chi connectivity index (χ0v) is 19.8. The van der Waals surface area contributed by atoms with Crippen LogP contribution in [0.4, 0.5) is 10.8 Å². The van der Waals surface area contributed by atoms with Gasteiger partial charge in [-0.3, -0.25) is 14.1 Å². The molecule has 0 atom stereocenters. The number of nitrogens with zero attached hydrogens (tertiary/aromatic N) is 5. The van der Waals surface area contributed by atoms with Crippen molar-refractivity contribution in [3.05, 3.63) is 64.2 Å². The Morgan fingerprint density at radius 1 is 1.16 bits per heavy atom. The number of benzene rings is 2. The molecule has 0 unspecified atom stereocenters.